The van der Waals surface area contributed by atoms with Gasteiger partial charge in [0.1, 0.15) is 0 Å². The highest BCUT2D eigenvalue weighted by atomic mass is 35.5. The van der Waals surface area contributed by atoms with E-state index >= 15 is 0 Å². The maximum absolute atomic E-state index is 6.15. The molecular formula is C14H16ClN3. The first-order chi connectivity index (χ1) is 8.72. The number of hydrogen-bond donors (Lipinski definition) is 1. The third kappa shape index (κ3) is 2.86. The minimum atomic E-state index is 0.230. The number of pyridine rings is 2. The van der Waals surface area contributed by atoms with E-state index in [1.807, 2.05) is 31.6 Å². The molecule has 0 aliphatic rings. The summed E-state index contributed by atoms with van der Waals surface area (Å²) in [6.45, 7) is 2.07. The van der Waals surface area contributed by atoms with Gasteiger partial charge in [0.25, 0.3) is 0 Å². The van der Waals surface area contributed by atoms with E-state index in [0.29, 0.717) is 5.02 Å². The van der Waals surface area contributed by atoms with Crippen molar-refractivity contribution in [3.63, 3.8) is 0 Å². The van der Waals surface area contributed by atoms with Crippen molar-refractivity contribution in [3.8, 4) is 0 Å². The highest BCUT2D eigenvalue weighted by Crippen LogP contribution is 2.24. The number of rotatable bonds is 4. The third-order valence-corrected chi connectivity index (χ3v) is 3.41. The van der Waals surface area contributed by atoms with Crippen LogP contribution in [0.15, 0.2) is 36.9 Å². The summed E-state index contributed by atoms with van der Waals surface area (Å²) in [6.07, 6.45) is 7.99. The minimum Gasteiger partial charge on any atom is -0.313 e. The van der Waals surface area contributed by atoms with E-state index in [9.17, 15) is 0 Å². The molecule has 0 bridgehead atoms. The monoisotopic (exact) mass is 261 g/mol. The molecule has 0 fully saturated rings. The Morgan fingerprint density at radius 3 is 2.61 bits per heavy atom. The summed E-state index contributed by atoms with van der Waals surface area (Å²) in [4.78, 5) is 8.13. The summed E-state index contributed by atoms with van der Waals surface area (Å²) < 4.78 is 0. The molecule has 1 N–H and O–H groups in total. The van der Waals surface area contributed by atoms with Gasteiger partial charge in [-0.1, -0.05) is 11.6 Å². The zero-order valence-electron chi connectivity index (χ0n) is 10.5. The molecule has 0 aliphatic heterocycles. The Kier molecular flexibility index (Phi) is 4.28. The predicted molar refractivity (Wildman–Crippen MR) is 73.7 cm³/mol. The largest absolute Gasteiger partial charge is 0.313 e. The molecule has 0 amide bonds. The van der Waals surface area contributed by atoms with Gasteiger partial charge in [0.2, 0.25) is 0 Å². The van der Waals surface area contributed by atoms with Gasteiger partial charge in [-0.15, -0.1) is 0 Å². The van der Waals surface area contributed by atoms with Gasteiger partial charge in [-0.25, -0.2) is 0 Å². The van der Waals surface area contributed by atoms with Crippen molar-refractivity contribution in [2.75, 3.05) is 7.05 Å². The van der Waals surface area contributed by atoms with Crippen molar-refractivity contribution >= 4 is 11.6 Å². The minimum absolute atomic E-state index is 0.230. The molecular weight excluding hydrogens is 246 g/mol. The molecule has 2 aromatic rings. The van der Waals surface area contributed by atoms with Crippen LogP contribution in [0.4, 0.5) is 0 Å². The molecule has 0 radical (unpaired) electrons. The number of aryl methyl sites for hydroxylation is 1. The SMILES string of the molecule is CNC(Cc1ccncc1Cl)c1ccncc1C. The van der Waals surface area contributed by atoms with Crippen molar-refractivity contribution in [2.24, 2.45) is 0 Å². The van der Waals surface area contributed by atoms with Gasteiger partial charge in [-0.3, -0.25) is 9.97 Å². The van der Waals surface area contributed by atoms with Crippen LogP contribution in [0, 0.1) is 6.92 Å². The number of likely N-dealkylation sites (N-methyl/N-ethyl adjacent to an activating group) is 1. The second-order valence-electron chi connectivity index (χ2n) is 4.24. The van der Waals surface area contributed by atoms with Crippen LogP contribution in [0.3, 0.4) is 0 Å². The van der Waals surface area contributed by atoms with Crippen LogP contribution < -0.4 is 5.32 Å². The molecule has 0 saturated heterocycles. The van der Waals surface area contributed by atoms with Gasteiger partial charge in [0, 0.05) is 30.8 Å². The van der Waals surface area contributed by atoms with Crippen LogP contribution in [0.5, 0.6) is 0 Å². The number of nitrogens with zero attached hydrogens (tertiary/aromatic N) is 2. The van der Waals surface area contributed by atoms with E-state index in [0.717, 1.165) is 12.0 Å². The number of halogens is 1. The normalized spacial score (nSPS) is 12.4. The summed E-state index contributed by atoms with van der Waals surface area (Å²) in [5, 5.41) is 4.04. The summed E-state index contributed by atoms with van der Waals surface area (Å²) in [5.41, 5.74) is 3.53. The van der Waals surface area contributed by atoms with E-state index in [1.54, 1.807) is 12.4 Å². The quantitative estimate of drug-likeness (QED) is 0.920. The van der Waals surface area contributed by atoms with Gasteiger partial charge in [-0.2, -0.15) is 0 Å². The van der Waals surface area contributed by atoms with Gasteiger partial charge in [0.15, 0.2) is 0 Å². The van der Waals surface area contributed by atoms with Gasteiger partial charge in [-0.05, 0) is 49.2 Å². The highest BCUT2D eigenvalue weighted by Gasteiger charge is 2.13. The van der Waals surface area contributed by atoms with Crippen molar-refractivity contribution in [3.05, 3.63) is 58.6 Å². The van der Waals surface area contributed by atoms with Crippen LogP contribution in [-0.4, -0.2) is 17.0 Å². The smallest absolute Gasteiger partial charge is 0.0622 e. The van der Waals surface area contributed by atoms with E-state index in [4.69, 9.17) is 11.6 Å². The molecule has 0 saturated carbocycles. The Morgan fingerprint density at radius 2 is 1.94 bits per heavy atom. The molecule has 2 heterocycles. The van der Waals surface area contributed by atoms with E-state index in [1.165, 1.54) is 11.1 Å². The summed E-state index contributed by atoms with van der Waals surface area (Å²) >= 11 is 6.15. The zero-order valence-corrected chi connectivity index (χ0v) is 11.3. The van der Waals surface area contributed by atoms with Crippen LogP contribution in [0.1, 0.15) is 22.7 Å². The Hall–Kier alpha value is -1.45. The molecule has 1 unspecified atom stereocenters. The molecule has 0 aromatic carbocycles. The molecule has 2 rings (SSSR count). The van der Waals surface area contributed by atoms with Crippen LogP contribution in [0.25, 0.3) is 0 Å². The summed E-state index contributed by atoms with van der Waals surface area (Å²) in [6, 6.07) is 4.24. The maximum Gasteiger partial charge on any atom is 0.0622 e. The fourth-order valence-electron chi connectivity index (χ4n) is 2.03. The fraction of sp³-hybridized carbons (Fsp3) is 0.286. The first-order valence-corrected chi connectivity index (χ1v) is 6.26. The van der Waals surface area contributed by atoms with Crippen molar-refractivity contribution in [1.82, 2.24) is 15.3 Å². The molecule has 0 spiro atoms. The van der Waals surface area contributed by atoms with Crippen LogP contribution >= 0.6 is 11.6 Å². The Morgan fingerprint density at radius 1 is 1.22 bits per heavy atom. The van der Waals surface area contributed by atoms with Gasteiger partial charge < -0.3 is 5.32 Å². The van der Waals surface area contributed by atoms with Gasteiger partial charge in [0.05, 0.1) is 5.02 Å². The highest BCUT2D eigenvalue weighted by molar-refractivity contribution is 6.31. The van der Waals surface area contributed by atoms with Crippen molar-refractivity contribution in [1.29, 1.82) is 0 Å². The molecule has 94 valence electrons. The van der Waals surface area contributed by atoms with E-state index in [2.05, 4.69) is 22.2 Å². The zero-order chi connectivity index (χ0) is 13.0. The molecule has 3 nitrogen and oxygen atoms in total. The van der Waals surface area contributed by atoms with Crippen molar-refractivity contribution < 1.29 is 0 Å². The van der Waals surface area contributed by atoms with E-state index in [-0.39, 0.29) is 6.04 Å². The Bertz CT molecular complexity index is 528. The topological polar surface area (TPSA) is 37.8 Å². The molecule has 4 heteroatoms. The third-order valence-electron chi connectivity index (χ3n) is 3.07. The lowest BCUT2D eigenvalue weighted by Gasteiger charge is -2.19. The molecule has 2 aromatic heterocycles. The second-order valence-corrected chi connectivity index (χ2v) is 4.65. The Labute approximate surface area is 112 Å². The lowest BCUT2D eigenvalue weighted by molar-refractivity contribution is 0.588. The second kappa shape index (κ2) is 5.94. The molecule has 0 aliphatic carbocycles. The molecule has 1 atom stereocenters. The Balaban J connectivity index is 2.26. The predicted octanol–water partition coefficient (Wildman–Crippen LogP) is 2.94. The lowest BCUT2D eigenvalue weighted by atomic mass is 9.97. The first kappa shape index (κ1) is 13.0. The van der Waals surface area contributed by atoms with Crippen molar-refractivity contribution in [2.45, 2.75) is 19.4 Å². The van der Waals surface area contributed by atoms with E-state index < -0.39 is 0 Å². The summed E-state index contributed by atoms with van der Waals surface area (Å²) in [7, 11) is 1.96. The average molecular weight is 262 g/mol. The maximum atomic E-state index is 6.15. The number of hydrogen-bond acceptors (Lipinski definition) is 3. The standard InChI is InChI=1S/C14H16ClN3/c1-10-8-17-6-4-12(10)14(16-2)7-11-3-5-18-9-13(11)15/h3-6,8-9,14,16H,7H2,1-2H3. The average Bonchev–Trinajstić information content (AvgIpc) is 2.39. The number of nitrogens with one attached hydrogen (secondary N) is 1. The first-order valence-electron chi connectivity index (χ1n) is 5.88. The summed E-state index contributed by atoms with van der Waals surface area (Å²) in [5.74, 6) is 0. The van der Waals surface area contributed by atoms with Crippen LogP contribution in [-0.2, 0) is 6.42 Å². The van der Waals surface area contributed by atoms with Gasteiger partial charge >= 0.3 is 0 Å². The fourth-order valence-corrected chi connectivity index (χ4v) is 2.23. The number of aromatic nitrogens is 2. The van der Waals surface area contributed by atoms with Crippen LogP contribution in [0.2, 0.25) is 5.02 Å². The molecule has 18 heavy (non-hydrogen) atoms. The lowest BCUT2D eigenvalue weighted by Crippen LogP contribution is -2.20.